The average Bonchev–Trinajstić information content (AvgIpc) is 1.73. The Kier molecular flexibility index (Phi) is 31.3. The van der Waals surface area contributed by atoms with Crippen LogP contribution in [0.1, 0.15) is 101 Å². The van der Waals surface area contributed by atoms with Crippen molar-refractivity contribution in [2.45, 2.75) is 144 Å². The van der Waals surface area contributed by atoms with Crippen molar-refractivity contribution in [1.29, 1.82) is 0 Å². The number of hydrogen-bond acceptors (Lipinski definition) is 18. The summed E-state index contributed by atoms with van der Waals surface area (Å²) in [6.07, 6.45) is -6.81. The lowest BCUT2D eigenvalue weighted by molar-refractivity contribution is -0.148. The van der Waals surface area contributed by atoms with E-state index in [1.165, 1.54) is 11.8 Å². The number of fused-ring (bicyclic) bond motifs is 3. The maximum absolute atomic E-state index is 14.4. The van der Waals surface area contributed by atoms with Gasteiger partial charge in [0.1, 0.15) is 54.9 Å². The number of nitrogens with two attached hydrogens (primary N) is 5. The van der Waals surface area contributed by atoms with Crippen LogP contribution in [0.25, 0.3) is 11.1 Å². The molecule has 0 bridgehead atoms. The van der Waals surface area contributed by atoms with E-state index >= 15 is 0 Å². The minimum atomic E-state index is -2.00. The zero-order valence-corrected chi connectivity index (χ0v) is 50.2. The Balaban J connectivity index is 1.93. The Morgan fingerprint density at radius 2 is 0.878 bits per heavy atom. The molecule has 34 nitrogen and oxygen atoms in total. The number of hydrogen-bond donors (Lipinski definition) is 18. The maximum atomic E-state index is 14.4. The SMILES string of the molecule is CSCC[C@H](NC(=O)[C@H](CCC(=O)O)NC(=O)[C@H](CCC(=O)O)NC(=O)OCC1c2ccccc2-c2ccccc21)C(=O)N[C@@H](CCC(N)=O)C(=O)N[C@@H](CCCN=C(N)N)C(=O)N[C@@H](CCCN=C(N)N)C(=O)N[C@H](C(=O)N[C@@H](CC(=O)O)C(=O)O)[C@@H](C)O. The van der Waals surface area contributed by atoms with Crippen LogP contribution >= 0.6 is 11.8 Å². The Morgan fingerprint density at radius 3 is 1.26 bits per heavy atom. The highest BCUT2D eigenvalue weighted by molar-refractivity contribution is 7.98. The normalized spacial score (nSPS) is 14.3. The Hall–Kier alpha value is -9.80. The molecule has 0 radical (unpaired) electrons. The Labute approximate surface area is 519 Å². The van der Waals surface area contributed by atoms with Crippen LogP contribution in [-0.4, -0.2) is 201 Å². The van der Waals surface area contributed by atoms with Gasteiger partial charge in [0, 0.05) is 38.3 Å². The third-order valence-corrected chi connectivity index (χ3v) is 14.3. The van der Waals surface area contributed by atoms with Gasteiger partial charge in [0.15, 0.2) is 11.9 Å². The molecule has 9 amide bonds. The summed E-state index contributed by atoms with van der Waals surface area (Å²) in [7, 11) is 0. The highest BCUT2D eigenvalue weighted by Crippen LogP contribution is 2.44. The number of alkyl carbamates (subject to hydrolysis) is 1. The quantitative estimate of drug-likeness (QED) is 0.0172. The monoisotopic (exact) mass is 1290 g/mol. The van der Waals surface area contributed by atoms with Crippen molar-refractivity contribution >= 4 is 101 Å². The number of thioether (sulfide) groups is 1. The standard InChI is InChI=1S/C55H79N15O19S/c1-27(71)44(51(85)68-39(52(86)87)25-43(77)78)70-50(84)34(14-8-23-62-54(59)60)64-45(79)33(13-7-22-61-53(57)58)63-46(80)35(15-18-40(56)72)65-49(83)38(21-24-90-2)67-47(81)36(16-19-41(73)74)66-48(82)37(17-20-42(75)76)69-55(88)89-26-32-30-11-5-3-9-28(30)29-10-4-6-12-31(29)32/h3-6,9-12,27,32-39,44,71H,7-8,13-26H2,1-2H3,(H2,56,72)(H,63,80)(H,64,79)(H,65,83)(H,66,82)(H,67,81)(H,68,85)(H,69,88)(H,70,84)(H,73,74)(H,75,76)(H,77,78)(H,86,87)(H4,57,58,61)(H4,59,60,62)/t27-,33+,34+,35+,36+,37+,38+,39+,44+/m1/s1. The van der Waals surface area contributed by atoms with Crippen molar-refractivity contribution in [3.63, 3.8) is 0 Å². The van der Waals surface area contributed by atoms with Gasteiger partial charge in [-0.05, 0) is 92.6 Å². The number of aliphatic hydroxyl groups excluding tert-OH is 1. The molecular weight excluding hydrogens is 1210 g/mol. The number of nitrogens with one attached hydrogen (secondary N) is 8. The number of carbonyl (C=O) groups is 13. The van der Waals surface area contributed by atoms with Crippen molar-refractivity contribution < 1.29 is 92.6 Å². The molecule has 0 saturated carbocycles. The molecule has 1 aliphatic rings. The van der Waals surface area contributed by atoms with Crippen molar-refractivity contribution in [3.05, 3.63) is 59.7 Å². The van der Waals surface area contributed by atoms with Gasteiger partial charge in [-0.1, -0.05) is 48.5 Å². The van der Waals surface area contributed by atoms with Crippen LogP contribution in [0.5, 0.6) is 0 Å². The number of carboxylic acids is 4. The molecule has 0 spiro atoms. The molecule has 23 N–H and O–H groups in total. The number of amides is 9. The van der Waals surface area contributed by atoms with Gasteiger partial charge in [-0.2, -0.15) is 11.8 Å². The fourth-order valence-corrected chi connectivity index (χ4v) is 9.59. The minimum Gasteiger partial charge on any atom is -0.481 e. The zero-order chi connectivity index (χ0) is 67.2. The summed E-state index contributed by atoms with van der Waals surface area (Å²) in [5, 5.41) is 66.9. The van der Waals surface area contributed by atoms with Crippen LogP contribution in [0.2, 0.25) is 0 Å². The molecule has 2 aromatic carbocycles. The van der Waals surface area contributed by atoms with Gasteiger partial charge in [0.25, 0.3) is 0 Å². The first kappa shape index (κ1) is 74.5. The first-order valence-corrected chi connectivity index (χ1v) is 29.6. The molecular formula is C55H79N15O19S. The molecule has 1 aliphatic carbocycles. The fraction of sp³-hybridized carbons (Fsp3) is 0.509. The fourth-order valence-electron chi connectivity index (χ4n) is 9.12. The first-order valence-electron chi connectivity index (χ1n) is 28.2. The largest absolute Gasteiger partial charge is 0.481 e. The number of carboxylic acid groups (broad SMARTS) is 4. The third-order valence-electron chi connectivity index (χ3n) is 13.6. The molecule has 0 aromatic heterocycles. The molecule has 494 valence electrons. The van der Waals surface area contributed by atoms with Crippen molar-refractivity contribution in [3.8, 4) is 11.1 Å². The summed E-state index contributed by atoms with van der Waals surface area (Å²) in [6, 6.07) is 0.932. The molecule has 0 fully saturated rings. The number of guanidine groups is 2. The van der Waals surface area contributed by atoms with E-state index in [0.29, 0.717) is 0 Å². The molecule has 0 unspecified atom stereocenters. The van der Waals surface area contributed by atoms with Crippen molar-refractivity contribution in [2.75, 3.05) is 31.7 Å². The van der Waals surface area contributed by atoms with Gasteiger partial charge < -0.3 is 101 Å². The van der Waals surface area contributed by atoms with Gasteiger partial charge in [0.2, 0.25) is 47.3 Å². The number of nitrogens with zero attached hydrogens (tertiary/aromatic N) is 2. The van der Waals surface area contributed by atoms with Crippen molar-refractivity contribution in [2.24, 2.45) is 38.7 Å². The van der Waals surface area contributed by atoms with Crippen LogP contribution in [0.4, 0.5) is 4.79 Å². The smallest absolute Gasteiger partial charge is 0.407 e. The topological polar surface area (TPSA) is 583 Å². The molecule has 0 heterocycles. The highest BCUT2D eigenvalue weighted by atomic mass is 32.2. The second kappa shape index (κ2) is 37.8. The van der Waals surface area contributed by atoms with Gasteiger partial charge >= 0.3 is 30.0 Å². The van der Waals surface area contributed by atoms with E-state index < -0.39 is 183 Å². The number of aliphatic carboxylic acids is 4. The van der Waals surface area contributed by atoms with E-state index in [1.807, 2.05) is 53.8 Å². The van der Waals surface area contributed by atoms with Crippen LogP contribution in [0.3, 0.4) is 0 Å². The lowest BCUT2D eigenvalue weighted by Crippen LogP contribution is -2.61. The predicted octanol–water partition coefficient (Wildman–Crippen LogP) is -3.92. The molecule has 3 rings (SSSR count). The van der Waals surface area contributed by atoms with Crippen LogP contribution < -0.4 is 71.2 Å². The minimum absolute atomic E-state index is 0.0423. The van der Waals surface area contributed by atoms with Crippen LogP contribution in [0.15, 0.2) is 58.5 Å². The summed E-state index contributed by atoms with van der Waals surface area (Å²) in [5.74, 6) is -16.1. The lowest BCUT2D eigenvalue weighted by atomic mass is 9.98. The predicted molar refractivity (Wildman–Crippen MR) is 322 cm³/mol. The Bertz CT molecular complexity index is 2910. The summed E-state index contributed by atoms with van der Waals surface area (Å²) in [5.41, 5.74) is 30.9. The average molecular weight is 1290 g/mol. The van der Waals surface area contributed by atoms with E-state index in [0.717, 1.165) is 29.2 Å². The van der Waals surface area contributed by atoms with E-state index in [1.54, 1.807) is 6.26 Å². The Morgan fingerprint density at radius 1 is 0.500 bits per heavy atom. The van der Waals surface area contributed by atoms with E-state index in [4.69, 9.17) is 38.5 Å². The number of aliphatic imine (C=N–C) groups is 2. The number of primary amides is 1. The second-order valence-electron chi connectivity index (χ2n) is 20.6. The number of carbonyl (C=O) groups excluding carboxylic acids is 9. The maximum Gasteiger partial charge on any atom is 0.407 e. The molecule has 0 saturated heterocycles. The van der Waals surface area contributed by atoms with E-state index in [-0.39, 0.29) is 69.5 Å². The summed E-state index contributed by atoms with van der Waals surface area (Å²) in [6.45, 7) is 0.602. The second-order valence-corrected chi connectivity index (χ2v) is 21.6. The highest BCUT2D eigenvalue weighted by Gasteiger charge is 2.37. The number of rotatable bonds is 41. The van der Waals surface area contributed by atoms with Gasteiger partial charge in [-0.3, -0.25) is 62.7 Å². The number of benzene rings is 2. The van der Waals surface area contributed by atoms with Gasteiger partial charge in [-0.25, -0.2) is 9.59 Å². The first-order chi connectivity index (χ1) is 42.5. The van der Waals surface area contributed by atoms with Crippen LogP contribution in [-0.2, 0) is 62.3 Å². The zero-order valence-electron chi connectivity index (χ0n) is 49.3. The molecule has 2 aromatic rings. The summed E-state index contributed by atoms with van der Waals surface area (Å²) < 4.78 is 5.57. The van der Waals surface area contributed by atoms with E-state index in [9.17, 15) is 82.8 Å². The van der Waals surface area contributed by atoms with Gasteiger partial charge in [-0.15, -0.1) is 0 Å². The molecule has 90 heavy (non-hydrogen) atoms. The number of ether oxygens (including phenoxy) is 1. The molecule has 35 heteroatoms. The summed E-state index contributed by atoms with van der Waals surface area (Å²) in [4.78, 5) is 178. The number of aliphatic hydroxyl groups is 1. The lowest BCUT2D eigenvalue weighted by Gasteiger charge is -2.28. The van der Waals surface area contributed by atoms with Crippen LogP contribution in [0, 0.1) is 0 Å². The van der Waals surface area contributed by atoms with Crippen molar-refractivity contribution in [1.82, 2.24) is 42.5 Å². The van der Waals surface area contributed by atoms with Gasteiger partial charge in [0.05, 0.1) is 12.5 Å². The van der Waals surface area contributed by atoms with E-state index in [2.05, 4.69) is 47.2 Å². The molecule has 9 atom stereocenters. The third kappa shape index (κ3) is 25.9. The summed E-state index contributed by atoms with van der Waals surface area (Å²) >= 11 is 1.21. The molecule has 0 aliphatic heterocycles.